The molecule has 0 fully saturated rings. The molecular weight excluding hydrogens is 394 g/mol. The highest BCUT2D eigenvalue weighted by atomic mass is 32.2. The molecule has 0 saturated carbocycles. The molecule has 1 amide bonds. The zero-order valence-corrected chi connectivity index (χ0v) is 16.7. The van der Waals surface area contributed by atoms with Crippen LogP contribution in [-0.4, -0.2) is 37.9 Å². The van der Waals surface area contributed by atoms with E-state index in [1.54, 1.807) is 47.5 Å². The lowest BCUT2D eigenvalue weighted by Gasteiger charge is -2.01. The molecule has 1 aliphatic rings. The summed E-state index contributed by atoms with van der Waals surface area (Å²) in [6.07, 6.45) is 0. The number of thiazole rings is 1. The zero-order chi connectivity index (χ0) is 20.1. The van der Waals surface area contributed by atoms with E-state index in [-0.39, 0.29) is 11.4 Å². The number of phenolic OH excluding ortho intramolecular Hbond substituents is 2. The molecule has 1 aromatic heterocycles. The highest BCUT2D eigenvalue weighted by Gasteiger charge is 2.17. The largest absolute Gasteiger partial charge is 0.507 e. The van der Waals surface area contributed by atoms with Gasteiger partial charge in [-0.2, -0.15) is 0 Å². The normalized spacial score (nSPS) is 15.5. The van der Waals surface area contributed by atoms with E-state index in [0.717, 1.165) is 16.4 Å². The number of para-hydroxylation sites is 2. The molecule has 144 valence electrons. The maximum Gasteiger partial charge on any atom is 0.268 e. The number of nitrogens with zero attached hydrogens (tertiary/aromatic N) is 2. The van der Waals surface area contributed by atoms with Gasteiger partial charge in [-0.05, 0) is 31.2 Å². The van der Waals surface area contributed by atoms with Crippen molar-refractivity contribution in [1.29, 1.82) is 0 Å². The third-order valence-corrected chi connectivity index (χ3v) is 5.95. The maximum absolute atomic E-state index is 10.8. The summed E-state index contributed by atoms with van der Waals surface area (Å²) in [4.78, 5) is 19.3. The maximum atomic E-state index is 10.8. The molecule has 2 aromatic carbocycles. The number of phenols is 2. The fourth-order valence-corrected chi connectivity index (χ4v) is 4.34. The van der Waals surface area contributed by atoms with Gasteiger partial charge < -0.3 is 15.9 Å². The van der Waals surface area contributed by atoms with Crippen LogP contribution in [0.5, 0.6) is 11.5 Å². The molecule has 0 spiro atoms. The fraction of sp³-hybridized carbons (Fsp3) is 0.150. The van der Waals surface area contributed by atoms with E-state index < -0.39 is 5.91 Å². The number of aliphatic imine (C=N–C) groups is 1. The molecule has 0 aliphatic carbocycles. The Hall–Kier alpha value is -2.84. The number of benzene rings is 2. The molecule has 6 nitrogen and oxygen atoms in total. The predicted octanol–water partition coefficient (Wildman–Crippen LogP) is 3.89. The summed E-state index contributed by atoms with van der Waals surface area (Å²) in [6, 6.07) is 14.5. The third-order valence-electron chi connectivity index (χ3n) is 3.82. The van der Waals surface area contributed by atoms with Gasteiger partial charge in [0.05, 0.1) is 11.6 Å². The van der Waals surface area contributed by atoms with Crippen LogP contribution >= 0.6 is 23.1 Å². The van der Waals surface area contributed by atoms with Crippen LogP contribution in [-0.2, 0) is 0 Å². The number of primary amides is 1. The van der Waals surface area contributed by atoms with Crippen molar-refractivity contribution in [3.05, 3.63) is 65.2 Å². The number of thioether (sulfide) groups is 1. The number of amides is 1. The van der Waals surface area contributed by atoms with E-state index in [2.05, 4.69) is 16.9 Å². The summed E-state index contributed by atoms with van der Waals surface area (Å²) < 4.78 is 0. The predicted molar refractivity (Wildman–Crippen MR) is 114 cm³/mol. The number of aromatic hydroxyl groups is 2. The number of carbonyl (C=O) groups is 1. The average Bonchev–Trinajstić information content (AvgIpc) is 3.33. The van der Waals surface area contributed by atoms with Crippen LogP contribution in [0.1, 0.15) is 23.0 Å². The number of aromatic nitrogens is 1. The molecular formula is C20H19N3O3S2. The first kappa shape index (κ1) is 19.9. The Morgan fingerprint density at radius 2 is 1.68 bits per heavy atom. The summed E-state index contributed by atoms with van der Waals surface area (Å²) in [6.45, 7) is 2.08. The van der Waals surface area contributed by atoms with Crippen molar-refractivity contribution < 1.29 is 15.0 Å². The molecule has 0 radical (unpaired) electrons. The minimum atomic E-state index is -0.562. The van der Waals surface area contributed by atoms with Crippen molar-refractivity contribution in [2.24, 2.45) is 10.7 Å². The summed E-state index contributed by atoms with van der Waals surface area (Å²) in [7, 11) is 0. The Morgan fingerprint density at radius 1 is 1.07 bits per heavy atom. The van der Waals surface area contributed by atoms with E-state index in [1.807, 2.05) is 18.2 Å². The zero-order valence-electron chi connectivity index (χ0n) is 15.1. The molecule has 8 heteroatoms. The lowest BCUT2D eigenvalue weighted by molar-refractivity contribution is 0.0996. The lowest BCUT2D eigenvalue weighted by Crippen LogP contribution is -2.10. The molecule has 3 aromatic rings. The number of nitrogens with two attached hydrogens (primary N) is 1. The molecule has 28 heavy (non-hydrogen) atoms. The summed E-state index contributed by atoms with van der Waals surface area (Å²) in [5.74, 6) is 0.919. The minimum Gasteiger partial charge on any atom is -0.507 e. The molecule has 1 aliphatic heterocycles. The Labute approximate surface area is 170 Å². The molecule has 1 unspecified atom stereocenters. The van der Waals surface area contributed by atoms with Crippen molar-refractivity contribution in [3.8, 4) is 22.1 Å². The van der Waals surface area contributed by atoms with Crippen LogP contribution < -0.4 is 5.73 Å². The fourth-order valence-electron chi connectivity index (χ4n) is 2.44. The van der Waals surface area contributed by atoms with Gasteiger partial charge in [-0.15, -0.1) is 23.1 Å². The van der Waals surface area contributed by atoms with E-state index in [4.69, 9.17) is 5.73 Å². The van der Waals surface area contributed by atoms with Crippen molar-refractivity contribution >= 4 is 34.0 Å². The Morgan fingerprint density at radius 3 is 2.18 bits per heavy atom. The van der Waals surface area contributed by atoms with Gasteiger partial charge in [0.15, 0.2) is 0 Å². The van der Waals surface area contributed by atoms with Gasteiger partial charge in [-0.3, -0.25) is 9.79 Å². The Bertz CT molecular complexity index is 1020. The number of hydrogen-bond acceptors (Lipinski definition) is 7. The van der Waals surface area contributed by atoms with Gasteiger partial charge in [-0.25, -0.2) is 4.98 Å². The van der Waals surface area contributed by atoms with Crippen molar-refractivity contribution in [3.63, 3.8) is 0 Å². The smallest absolute Gasteiger partial charge is 0.268 e. The van der Waals surface area contributed by atoms with Gasteiger partial charge in [0.2, 0.25) is 0 Å². The van der Waals surface area contributed by atoms with Gasteiger partial charge in [0.1, 0.15) is 27.2 Å². The second-order valence-corrected chi connectivity index (χ2v) is 7.90. The van der Waals surface area contributed by atoms with Crippen LogP contribution in [0.2, 0.25) is 0 Å². The van der Waals surface area contributed by atoms with E-state index in [1.165, 1.54) is 11.3 Å². The first-order valence-electron chi connectivity index (χ1n) is 8.48. The van der Waals surface area contributed by atoms with Crippen LogP contribution in [0.15, 0.2) is 58.9 Å². The van der Waals surface area contributed by atoms with Gasteiger partial charge in [0, 0.05) is 16.7 Å². The van der Waals surface area contributed by atoms with Gasteiger partial charge in [-0.1, -0.05) is 24.3 Å². The second-order valence-electron chi connectivity index (χ2n) is 6.03. The SMILES string of the molecule is CC1CSC(c2ccccc2O)=N1.NC(=O)c1csc(-c2ccccc2O)n1. The molecule has 0 bridgehead atoms. The van der Waals surface area contributed by atoms with Gasteiger partial charge >= 0.3 is 0 Å². The van der Waals surface area contributed by atoms with Gasteiger partial charge in [0.25, 0.3) is 5.91 Å². The molecule has 2 heterocycles. The Kier molecular flexibility index (Phi) is 6.33. The summed E-state index contributed by atoms with van der Waals surface area (Å²) in [5.41, 5.74) is 6.77. The Balaban J connectivity index is 0.000000162. The van der Waals surface area contributed by atoms with Crippen LogP contribution in [0.3, 0.4) is 0 Å². The summed E-state index contributed by atoms with van der Waals surface area (Å²) >= 11 is 2.98. The first-order chi connectivity index (χ1) is 13.5. The van der Waals surface area contributed by atoms with Crippen LogP contribution in [0.25, 0.3) is 10.6 Å². The molecule has 1 atom stereocenters. The number of rotatable bonds is 3. The molecule has 0 saturated heterocycles. The van der Waals surface area contributed by atoms with Crippen molar-refractivity contribution in [2.75, 3.05) is 5.75 Å². The minimum absolute atomic E-state index is 0.142. The second kappa shape index (κ2) is 8.90. The first-order valence-corrected chi connectivity index (χ1v) is 10.3. The van der Waals surface area contributed by atoms with Crippen molar-refractivity contribution in [2.45, 2.75) is 13.0 Å². The standard InChI is InChI=1S/C10H8N2O2S.C10H11NOS/c11-9(14)7-5-15-10(12-7)6-3-1-2-4-8(6)13;1-7-6-13-10(11-7)8-4-2-3-5-9(8)12/h1-5,13H,(H2,11,14);2-5,7,12H,6H2,1H3. The highest BCUT2D eigenvalue weighted by Crippen LogP contribution is 2.31. The number of carbonyl (C=O) groups excluding carboxylic acids is 1. The molecule has 4 rings (SSSR count). The van der Waals surface area contributed by atoms with E-state index in [0.29, 0.717) is 22.4 Å². The molecule has 4 N–H and O–H groups in total. The monoisotopic (exact) mass is 413 g/mol. The topological polar surface area (TPSA) is 109 Å². The van der Waals surface area contributed by atoms with E-state index in [9.17, 15) is 15.0 Å². The average molecular weight is 414 g/mol. The lowest BCUT2D eigenvalue weighted by atomic mass is 10.2. The van der Waals surface area contributed by atoms with Crippen LogP contribution in [0.4, 0.5) is 0 Å². The summed E-state index contributed by atoms with van der Waals surface area (Å²) in [5, 5.41) is 22.2. The highest BCUT2D eigenvalue weighted by molar-refractivity contribution is 8.14. The van der Waals surface area contributed by atoms with E-state index >= 15 is 0 Å². The number of hydrogen-bond donors (Lipinski definition) is 3. The third kappa shape index (κ3) is 4.71. The van der Waals surface area contributed by atoms with Crippen molar-refractivity contribution in [1.82, 2.24) is 4.98 Å². The van der Waals surface area contributed by atoms with Crippen LogP contribution in [0, 0.1) is 0 Å². The quantitative estimate of drug-likeness (QED) is 0.604.